The quantitative estimate of drug-likeness (QED) is 0.738. The molecule has 1 aliphatic rings. The van der Waals surface area contributed by atoms with E-state index in [-0.39, 0.29) is 0 Å². The number of piperazine rings is 1. The summed E-state index contributed by atoms with van der Waals surface area (Å²) in [5.74, 6) is 0.572. The number of anilines is 1. The molecule has 0 radical (unpaired) electrons. The first kappa shape index (κ1) is 13.7. The van der Waals surface area contributed by atoms with Gasteiger partial charge in [-0.2, -0.15) is 0 Å². The summed E-state index contributed by atoms with van der Waals surface area (Å²) < 4.78 is -1.86. The Hall–Kier alpha value is -0.710. The van der Waals surface area contributed by atoms with Gasteiger partial charge in [0.2, 0.25) is 0 Å². The molecular formula is C11H13Cl3N3O+. The molecule has 0 saturated carbocycles. The van der Waals surface area contributed by atoms with Crippen molar-refractivity contribution in [2.75, 3.05) is 31.1 Å². The predicted octanol–water partition coefficient (Wildman–Crippen LogP) is 1.52. The van der Waals surface area contributed by atoms with Crippen LogP contribution in [0.15, 0.2) is 24.4 Å². The molecule has 7 heteroatoms. The number of hydrogen-bond donors (Lipinski definition) is 0. The molecule has 98 valence electrons. The zero-order valence-corrected chi connectivity index (χ0v) is 11.8. The number of amides is 1. The second kappa shape index (κ2) is 5.51. The van der Waals surface area contributed by atoms with Gasteiger partial charge in [0.25, 0.3) is 15.5 Å². The van der Waals surface area contributed by atoms with E-state index in [0.717, 1.165) is 5.82 Å². The SMILES string of the molecule is O=C(N1CCN(c2cccc[nH+]2)CC1)C(Cl)(Cl)Cl. The molecule has 18 heavy (non-hydrogen) atoms. The van der Waals surface area contributed by atoms with Crippen molar-refractivity contribution in [2.24, 2.45) is 0 Å². The lowest BCUT2D eigenvalue weighted by Crippen LogP contribution is -2.52. The number of H-pyrrole nitrogens is 1. The summed E-state index contributed by atoms with van der Waals surface area (Å²) in [4.78, 5) is 18.7. The Balaban J connectivity index is 1.95. The average Bonchev–Trinajstić information content (AvgIpc) is 2.38. The van der Waals surface area contributed by atoms with E-state index in [1.54, 1.807) is 4.90 Å². The van der Waals surface area contributed by atoms with E-state index in [4.69, 9.17) is 34.8 Å². The van der Waals surface area contributed by atoms with Crippen molar-refractivity contribution in [1.29, 1.82) is 0 Å². The van der Waals surface area contributed by atoms with Gasteiger partial charge in [-0.15, -0.1) is 0 Å². The Morgan fingerprint density at radius 2 is 1.83 bits per heavy atom. The van der Waals surface area contributed by atoms with Crippen LogP contribution >= 0.6 is 34.8 Å². The summed E-state index contributed by atoms with van der Waals surface area (Å²) >= 11 is 16.8. The van der Waals surface area contributed by atoms with E-state index in [2.05, 4.69) is 9.88 Å². The van der Waals surface area contributed by atoms with E-state index in [1.165, 1.54) is 0 Å². The third-order valence-electron chi connectivity index (χ3n) is 2.84. The monoisotopic (exact) mass is 308 g/mol. The molecule has 1 N–H and O–H groups in total. The average molecular weight is 310 g/mol. The van der Waals surface area contributed by atoms with Gasteiger partial charge in [0.15, 0.2) is 0 Å². The number of nitrogens with one attached hydrogen (secondary N) is 1. The molecule has 0 aliphatic carbocycles. The summed E-state index contributed by atoms with van der Waals surface area (Å²) in [6.45, 7) is 2.53. The smallest absolute Gasteiger partial charge is 0.274 e. The van der Waals surface area contributed by atoms with Crippen LogP contribution in [0.2, 0.25) is 0 Å². The Labute approximate surface area is 120 Å². The van der Waals surface area contributed by atoms with Crippen LogP contribution in [0.1, 0.15) is 0 Å². The van der Waals surface area contributed by atoms with Crippen molar-refractivity contribution < 1.29 is 9.78 Å². The van der Waals surface area contributed by atoms with Gasteiger partial charge in [0.1, 0.15) is 13.1 Å². The number of pyridine rings is 1. The summed E-state index contributed by atoms with van der Waals surface area (Å²) in [7, 11) is 0. The highest BCUT2D eigenvalue weighted by molar-refractivity contribution is 6.76. The fourth-order valence-corrected chi connectivity index (χ4v) is 2.27. The van der Waals surface area contributed by atoms with Crippen LogP contribution in [0.4, 0.5) is 5.82 Å². The number of aromatic nitrogens is 1. The van der Waals surface area contributed by atoms with Crippen molar-refractivity contribution in [2.45, 2.75) is 3.79 Å². The molecule has 0 unspecified atom stereocenters. The summed E-state index contributed by atoms with van der Waals surface area (Å²) in [6, 6.07) is 5.88. The molecule has 1 saturated heterocycles. The summed E-state index contributed by atoms with van der Waals surface area (Å²) in [5, 5.41) is 0. The maximum absolute atomic E-state index is 11.8. The van der Waals surface area contributed by atoms with Crippen LogP contribution < -0.4 is 9.88 Å². The highest BCUT2D eigenvalue weighted by Gasteiger charge is 2.37. The Bertz CT molecular complexity index is 413. The van der Waals surface area contributed by atoms with Crippen molar-refractivity contribution in [3.63, 3.8) is 0 Å². The summed E-state index contributed by atoms with van der Waals surface area (Å²) in [5.41, 5.74) is 0. The largest absolute Gasteiger partial charge is 0.331 e. The molecule has 1 aromatic rings. The lowest BCUT2D eigenvalue weighted by Gasteiger charge is -2.32. The highest BCUT2D eigenvalue weighted by atomic mass is 35.6. The lowest BCUT2D eigenvalue weighted by atomic mass is 10.3. The standard InChI is InChI=1S/C11H12Cl3N3O/c12-11(13,14)10(18)17-7-5-16(6-8-17)9-3-1-2-4-15-9/h1-4H,5-8H2/p+1. The summed E-state index contributed by atoms with van der Waals surface area (Å²) in [6.07, 6.45) is 1.87. The maximum atomic E-state index is 11.8. The lowest BCUT2D eigenvalue weighted by molar-refractivity contribution is -0.364. The minimum atomic E-state index is -1.86. The van der Waals surface area contributed by atoms with E-state index >= 15 is 0 Å². The number of halogens is 3. The van der Waals surface area contributed by atoms with Crippen LogP contribution in [0, 0.1) is 0 Å². The van der Waals surface area contributed by atoms with Gasteiger partial charge in [0, 0.05) is 6.07 Å². The molecule has 4 nitrogen and oxygen atoms in total. The van der Waals surface area contributed by atoms with Crippen LogP contribution in [-0.2, 0) is 4.79 Å². The van der Waals surface area contributed by atoms with Crippen molar-refractivity contribution in [3.8, 4) is 0 Å². The third-order valence-corrected chi connectivity index (χ3v) is 3.33. The molecule has 0 atom stereocenters. The van der Waals surface area contributed by atoms with Gasteiger partial charge < -0.3 is 4.90 Å². The van der Waals surface area contributed by atoms with E-state index in [1.807, 2.05) is 24.4 Å². The second-order valence-corrected chi connectivity index (χ2v) is 6.31. The molecule has 0 spiro atoms. The van der Waals surface area contributed by atoms with E-state index in [0.29, 0.717) is 26.2 Å². The number of aromatic amines is 1. The number of carbonyl (C=O) groups excluding carboxylic acids is 1. The molecule has 2 heterocycles. The van der Waals surface area contributed by atoms with Gasteiger partial charge in [0.05, 0.1) is 19.3 Å². The van der Waals surface area contributed by atoms with Crippen molar-refractivity contribution >= 4 is 46.5 Å². The van der Waals surface area contributed by atoms with E-state index < -0.39 is 9.70 Å². The Kier molecular flexibility index (Phi) is 4.20. The predicted molar refractivity (Wildman–Crippen MR) is 72.1 cm³/mol. The highest BCUT2D eigenvalue weighted by Crippen LogP contribution is 2.29. The molecular weight excluding hydrogens is 296 g/mol. The molecule has 1 aliphatic heterocycles. The third kappa shape index (κ3) is 3.19. The van der Waals surface area contributed by atoms with Gasteiger partial charge >= 0.3 is 0 Å². The molecule has 1 aromatic heterocycles. The normalized spacial score (nSPS) is 16.8. The number of alkyl halides is 3. The van der Waals surface area contributed by atoms with Crippen LogP contribution in [-0.4, -0.2) is 40.8 Å². The maximum Gasteiger partial charge on any atom is 0.274 e. The minimum Gasteiger partial charge on any atom is -0.331 e. The topological polar surface area (TPSA) is 37.7 Å². The van der Waals surface area contributed by atoms with Gasteiger partial charge in [-0.1, -0.05) is 40.9 Å². The number of carbonyl (C=O) groups is 1. The minimum absolute atomic E-state index is 0.454. The number of hydrogen-bond acceptors (Lipinski definition) is 2. The van der Waals surface area contributed by atoms with Gasteiger partial charge in [-0.25, -0.2) is 4.98 Å². The second-order valence-electron chi connectivity index (χ2n) is 4.02. The molecule has 0 aromatic carbocycles. The van der Waals surface area contributed by atoms with Gasteiger partial charge in [-0.3, -0.25) is 9.69 Å². The molecule has 0 bridgehead atoms. The fourth-order valence-electron chi connectivity index (χ4n) is 1.91. The van der Waals surface area contributed by atoms with Crippen molar-refractivity contribution in [1.82, 2.24) is 4.90 Å². The zero-order chi connectivity index (χ0) is 13.2. The first-order valence-corrected chi connectivity index (χ1v) is 6.69. The fraction of sp³-hybridized carbons (Fsp3) is 0.455. The van der Waals surface area contributed by atoms with Crippen molar-refractivity contribution in [3.05, 3.63) is 24.4 Å². The molecule has 1 amide bonds. The first-order valence-electron chi connectivity index (χ1n) is 5.56. The Morgan fingerprint density at radius 1 is 1.17 bits per heavy atom. The van der Waals surface area contributed by atoms with Crippen LogP contribution in [0.5, 0.6) is 0 Å². The number of nitrogens with zero attached hydrogens (tertiary/aromatic N) is 2. The van der Waals surface area contributed by atoms with Crippen LogP contribution in [0.25, 0.3) is 0 Å². The van der Waals surface area contributed by atoms with Gasteiger partial charge in [-0.05, 0) is 6.07 Å². The number of rotatable bonds is 1. The molecule has 1 fully saturated rings. The van der Waals surface area contributed by atoms with E-state index in [9.17, 15) is 4.79 Å². The van der Waals surface area contributed by atoms with Crippen LogP contribution in [0.3, 0.4) is 0 Å². The Morgan fingerprint density at radius 3 is 2.33 bits per heavy atom. The molecule has 2 rings (SSSR count). The zero-order valence-electron chi connectivity index (χ0n) is 9.57. The first-order chi connectivity index (χ1) is 8.48.